The molecule has 0 aliphatic carbocycles. The highest BCUT2D eigenvalue weighted by molar-refractivity contribution is 5.23. The molecule has 0 fully saturated rings. The fourth-order valence-corrected chi connectivity index (χ4v) is 0.348. The molecule has 0 aromatic carbocycles. The summed E-state index contributed by atoms with van der Waals surface area (Å²) >= 11 is 0. The van der Waals surface area contributed by atoms with E-state index in [1.54, 1.807) is 0 Å². The van der Waals surface area contributed by atoms with Gasteiger partial charge in [-0.2, -0.15) is 0 Å². The second kappa shape index (κ2) is 4.21. The van der Waals surface area contributed by atoms with Gasteiger partial charge in [-0.1, -0.05) is 32.3 Å². The first-order chi connectivity index (χ1) is 4.16. The zero-order chi connectivity index (χ0) is 7.28. The highest BCUT2D eigenvalue weighted by Gasteiger charge is 1.87. The Balaban J connectivity index is 3.72. The number of hydrogen-bond acceptors (Lipinski definition) is 0. The molecule has 0 radical (unpaired) electrons. The first-order valence-corrected chi connectivity index (χ1v) is 3.33. The summed E-state index contributed by atoms with van der Waals surface area (Å²) in [6, 6.07) is 0. The summed E-state index contributed by atoms with van der Waals surface area (Å²) in [6.07, 6.45) is 1.13. The molecular formula is C9H14. The van der Waals surface area contributed by atoms with Gasteiger partial charge in [0.05, 0.1) is 0 Å². The molecule has 0 saturated carbocycles. The highest BCUT2D eigenvalue weighted by atomic mass is 13.9. The largest absolute Gasteiger partial charge is 0.0952 e. The molecule has 0 aliphatic heterocycles. The van der Waals surface area contributed by atoms with Crippen LogP contribution in [0.15, 0.2) is 12.2 Å². The van der Waals surface area contributed by atoms with Crippen molar-refractivity contribution in [1.29, 1.82) is 0 Å². The van der Waals surface area contributed by atoms with E-state index < -0.39 is 0 Å². The van der Waals surface area contributed by atoms with Crippen LogP contribution < -0.4 is 0 Å². The predicted octanol–water partition coefficient (Wildman–Crippen LogP) is 2.61. The molecule has 1 atom stereocenters. The van der Waals surface area contributed by atoms with Crippen LogP contribution in [0.4, 0.5) is 0 Å². The molecule has 0 bridgehead atoms. The third-order valence-corrected chi connectivity index (χ3v) is 1.14. The van der Waals surface area contributed by atoms with E-state index in [1.807, 2.05) is 6.92 Å². The minimum atomic E-state index is 0.515. The van der Waals surface area contributed by atoms with Crippen LogP contribution in [0.2, 0.25) is 0 Å². The minimum Gasteiger partial charge on any atom is -0.0952 e. The Kier molecular flexibility index (Phi) is 3.88. The van der Waals surface area contributed by atoms with Crippen LogP contribution in [0.25, 0.3) is 0 Å². The topological polar surface area (TPSA) is 0 Å². The Labute approximate surface area is 58.0 Å². The smallest absolute Gasteiger partial charge is 0.0175 e. The lowest BCUT2D eigenvalue weighted by molar-refractivity contribution is 0.723. The molecule has 0 heteroatoms. The molecule has 0 nitrogen and oxygen atoms in total. The maximum atomic E-state index is 3.69. The van der Waals surface area contributed by atoms with Crippen LogP contribution >= 0.6 is 0 Å². The van der Waals surface area contributed by atoms with Gasteiger partial charge in [0.1, 0.15) is 0 Å². The van der Waals surface area contributed by atoms with Crippen molar-refractivity contribution in [2.24, 2.45) is 5.92 Å². The van der Waals surface area contributed by atoms with Crippen molar-refractivity contribution in [2.75, 3.05) is 0 Å². The molecule has 0 rings (SSSR count). The van der Waals surface area contributed by atoms with Crippen molar-refractivity contribution in [2.45, 2.75) is 27.2 Å². The van der Waals surface area contributed by atoms with E-state index in [4.69, 9.17) is 0 Å². The van der Waals surface area contributed by atoms with Gasteiger partial charge in [-0.3, -0.25) is 0 Å². The summed E-state index contributed by atoms with van der Waals surface area (Å²) in [5.41, 5.74) is 0.954. The fourth-order valence-electron chi connectivity index (χ4n) is 0.348. The number of rotatable bonds is 1. The molecule has 0 aromatic rings. The summed E-state index contributed by atoms with van der Waals surface area (Å²) in [5, 5.41) is 0. The Morgan fingerprint density at radius 1 is 1.67 bits per heavy atom. The van der Waals surface area contributed by atoms with Crippen LogP contribution in [-0.4, -0.2) is 0 Å². The molecule has 0 N–H and O–H groups in total. The molecule has 0 spiro atoms. The van der Waals surface area contributed by atoms with Crippen molar-refractivity contribution in [3.8, 4) is 11.8 Å². The summed E-state index contributed by atoms with van der Waals surface area (Å²) in [7, 11) is 0. The summed E-state index contributed by atoms with van der Waals surface area (Å²) in [5.74, 6) is 6.55. The molecule has 0 amide bonds. The predicted molar refractivity (Wildman–Crippen MR) is 42.0 cm³/mol. The molecular weight excluding hydrogens is 108 g/mol. The molecule has 9 heavy (non-hydrogen) atoms. The Hall–Kier alpha value is -0.700. The van der Waals surface area contributed by atoms with Crippen molar-refractivity contribution >= 4 is 0 Å². The lowest BCUT2D eigenvalue weighted by Gasteiger charge is -1.93. The van der Waals surface area contributed by atoms with Gasteiger partial charge in [-0.25, -0.2) is 0 Å². The van der Waals surface area contributed by atoms with Gasteiger partial charge in [-0.05, 0) is 18.9 Å². The number of hydrogen-bond donors (Lipinski definition) is 0. The van der Waals surface area contributed by atoms with E-state index in [2.05, 4.69) is 32.3 Å². The molecule has 0 aromatic heterocycles. The van der Waals surface area contributed by atoms with Gasteiger partial charge in [0, 0.05) is 5.92 Å². The molecule has 1 unspecified atom stereocenters. The van der Waals surface area contributed by atoms with Crippen LogP contribution in [0.1, 0.15) is 27.2 Å². The first kappa shape index (κ1) is 8.30. The quantitative estimate of drug-likeness (QED) is 0.469. The first-order valence-electron chi connectivity index (χ1n) is 3.33. The summed E-state index contributed by atoms with van der Waals surface area (Å²) in [4.78, 5) is 0. The van der Waals surface area contributed by atoms with E-state index >= 15 is 0 Å². The van der Waals surface area contributed by atoms with Gasteiger partial charge in [0.25, 0.3) is 0 Å². The summed E-state index contributed by atoms with van der Waals surface area (Å²) in [6.45, 7) is 9.87. The molecule has 0 heterocycles. The SMILES string of the molecule is C=C(C)C#CC(C)CC. The lowest BCUT2D eigenvalue weighted by atomic mass is 10.1. The van der Waals surface area contributed by atoms with Gasteiger partial charge in [0.15, 0.2) is 0 Å². The van der Waals surface area contributed by atoms with Crippen LogP contribution in [0.5, 0.6) is 0 Å². The average Bonchev–Trinajstić information content (AvgIpc) is 1.83. The second-order valence-corrected chi connectivity index (χ2v) is 2.36. The zero-order valence-corrected chi connectivity index (χ0v) is 6.49. The Morgan fingerprint density at radius 2 is 2.22 bits per heavy atom. The van der Waals surface area contributed by atoms with Crippen molar-refractivity contribution < 1.29 is 0 Å². The van der Waals surface area contributed by atoms with Crippen LogP contribution in [-0.2, 0) is 0 Å². The maximum absolute atomic E-state index is 3.69. The van der Waals surface area contributed by atoms with Gasteiger partial charge >= 0.3 is 0 Å². The third kappa shape index (κ3) is 5.17. The Bertz CT molecular complexity index is 143. The van der Waals surface area contributed by atoms with E-state index in [0.717, 1.165) is 12.0 Å². The van der Waals surface area contributed by atoms with Gasteiger partial charge < -0.3 is 0 Å². The van der Waals surface area contributed by atoms with E-state index in [9.17, 15) is 0 Å². The maximum Gasteiger partial charge on any atom is 0.0175 e. The normalized spacial score (nSPS) is 11.4. The number of allylic oxidation sites excluding steroid dienone is 1. The zero-order valence-electron chi connectivity index (χ0n) is 6.49. The van der Waals surface area contributed by atoms with Crippen molar-refractivity contribution in [3.05, 3.63) is 12.2 Å². The van der Waals surface area contributed by atoms with Gasteiger partial charge in [-0.15, -0.1) is 0 Å². The van der Waals surface area contributed by atoms with Crippen LogP contribution in [0, 0.1) is 17.8 Å². The average molecular weight is 122 g/mol. The lowest BCUT2D eigenvalue weighted by Crippen LogP contribution is -1.84. The Morgan fingerprint density at radius 3 is 2.56 bits per heavy atom. The monoisotopic (exact) mass is 122 g/mol. The van der Waals surface area contributed by atoms with Crippen molar-refractivity contribution in [3.63, 3.8) is 0 Å². The van der Waals surface area contributed by atoms with Crippen LogP contribution in [0.3, 0.4) is 0 Å². The minimum absolute atomic E-state index is 0.515. The fraction of sp³-hybridized carbons (Fsp3) is 0.556. The van der Waals surface area contributed by atoms with E-state index in [1.165, 1.54) is 0 Å². The highest BCUT2D eigenvalue weighted by Crippen LogP contribution is 1.97. The second-order valence-electron chi connectivity index (χ2n) is 2.36. The molecule has 0 aliphatic rings. The van der Waals surface area contributed by atoms with E-state index in [0.29, 0.717) is 5.92 Å². The van der Waals surface area contributed by atoms with E-state index in [-0.39, 0.29) is 0 Å². The third-order valence-electron chi connectivity index (χ3n) is 1.14. The molecule has 50 valence electrons. The van der Waals surface area contributed by atoms with Gasteiger partial charge in [0.2, 0.25) is 0 Å². The molecule has 0 saturated heterocycles. The summed E-state index contributed by atoms with van der Waals surface area (Å²) < 4.78 is 0. The standard InChI is InChI=1S/C9H14/c1-5-9(4)7-6-8(2)3/h9H,2,5H2,1,3-4H3. The van der Waals surface area contributed by atoms with Crippen molar-refractivity contribution in [1.82, 2.24) is 0 Å².